The second-order valence-electron chi connectivity index (χ2n) is 5.13. The predicted octanol–water partition coefficient (Wildman–Crippen LogP) is 0.929. The number of hydrogen-bond donors (Lipinski definition) is 3. The molecule has 0 aliphatic rings. The van der Waals surface area contributed by atoms with E-state index < -0.39 is 10.0 Å². The first-order chi connectivity index (χ1) is 11.3. The van der Waals surface area contributed by atoms with Crippen LogP contribution in [0.15, 0.2) is 24.3 Å². The van der Waals surface area contributed by atoms with Crippen LogP contribution in [0.25, 0.3) is 0 Å². The molecule has 0 unspecified atom stereocenters. The molecule has 24 heavy (non-hydrogen) atoms. The Balaban J connectivity index is 2.48. The fourth-order valence-electron chi connectivity index (χ4n) is 1.85. The summed E-state index contributed by atoms with van der Waals surface area (Å²) in [5, 5.41) is 5.19. The molecule has 3 N–H and O–H groups in total. The van der Waals surface area contributed by atoms with Gasteiger partial charge in [0, 0.05) is 39.3 Å². The third-order valence-electron chi connectivity index (χ3n) is 2.90. The van der Waals surface area contributed by atoms with Gasteiger partial charge in [-0.2, -0.15) is 0 Å². The number of rotatable bonds is 10. The molecule has 134 valence electrons. The van der Waals surface area contributed by atoms with Crippen molar-refractivity contribution in [3.05, 3.63) is 24.3 Å². The first kappa shape index (κ1) is 19.9. The summed E-state index contributed by atoms with van der Waals surface area (Å²) in [6.07, 6.45) is 0.539. The molecule has 0 spiro atoms. The Morgan fingerprint density at radius 1 is 1.21 bits per heavy atom. The molecule has 0 aliphatic heterocycles. The van der Waals surface area contributed by atoms with Crippen LogP contribution in [-0.2, 0) is 24.3 Å². The SMILES string of the molecule is COCCCNC(=O)CCS(=O)(=O)Nc1cccc(NC(C)=O)c1. The molecule has 9 heteroatoms. The van der Waals surface area contributed by atoms with Gasteiger partial charge in [0.05, 0.1) is 11.4 Å². The predicted molar refractivity (Wildman–Crippen MR) is 92.3 cm³/mol. The minimum atomic E-state index is -3.66. The van der Waals surface area contributed by atoms with E-state index in [0.717, 1.165) is 0 Å². The Morgan fingerprint density at radius 2 is 1.92 bits per heavy atom. The first-order valence-corrected chi connectivity index (χ1v) is 9.11. The number of nitrogens with one attached hydrogen (secondary N) is 3. The lowest BCUT2D eigenvalue weighted by molar-refractivity contribution is -0.120. The van der Waals surface area contributed by atoms with Crippen LogP contribution in [0.4, 0.5) is 11.4 Å². The van der Waals surface area contributed by atoms with Gasteiger partial charge < -0.3 is 15.4 Å². The molecule has 8 nitrogen and oxygen atoms in total. The number of hydrogen-bond acceptors (Lipinski definition) is 5. The summed E-state index contributed by atoms with van der Waals surface area (Å²) in [6, 6.07) is 6.33. The first-order valence-electron chi connectivity index (χ1n) is 7.46. The van der Waals surface area contributed by atoms with E-state index in [1.807, 2.05) is 0 Å². The summed E-state index contributed by atoms with van der Waals surface area (Å²) >= 11 is 0. The standard InChI is InChI=1S/C15H23N3O5S/c1-12(19)17-13-5-3-6-14(11-13)18-24(21,22)10-7-15(20)16-8-4-9-23-2/h3,5-6,11,18H,4,7-10H2,1-2H3,(H,16,20)(H,17,19). The van der Waals surface area contributed by atoms with Gasteiger partial charge in [-0.05, 0) is 24.6 Å². The highest BCUT2D eigenvalue weighted by atomic mass is 32.2. The van der Waals surface area contributed by atoms with Crippen molar-refractivity contribution in [2.75, 3.05) is 36.1 Å². The number of anilines is 2. The molecule has 0 radical (unpaired) electrons. The van der Waals surface area contributed by atoms with Gasteiger partial charge in [-0.25, -0.2) is 8.42 Å². The van der Waals surface area contributed by atoms with Gasteiger partial charge in [0.1, 0.15) is 0 Å². The molecule has 0 saturated carbocycles. The minimum absolute atomic E-state index is 0.131. The van der Waals surface area contributed by atoms with Crippen molar-refractivity contribution in [2.45, 2.75) is 19.8 Å². The lowest BCUT2D eigenvalue weighted by Crippen LogP contribution is -2.28. The molecule has 2 amide bonds. The van der Waals surface area contributed by atoms with E-state index in [1.54, 1.807) is 25.3 Å². The Labute approximate surface area is 142 Å². The van der Waals surface area contributed by atoms with Crippen LogP contribution in [0.3, 0.4) is 0 Å². The maximum atomic E-state index is 12.0. The maximum absolute atomic E-state index is 12.0. The van der Waals surface area contributed by atoms with Crippen LogP contribution >= 0.6 is 0 Å². The highest BCUT2D eigenvalue weighted by Crippen LogP contribution is 2.16. The van der Waals surface area contributed by atoms with Crippen molar-refractivity contribution < 1.29 is 22.7 Å². The van der Waals surface area contributed by atoms with E-state index in [1.165, 1.54) is 13.0 Å². The van der Waals surface area contributed by atoms with Crippen molar-refractivity contribution in [3.8, 4) is 0 Å². The summed E-state index contributed by atoms with van der Waals surface area (Å²) in [5.41, 5.74) is 0.806. The highest BCUT2D eigenvalue weighted by molar-refractivity contribution is 7.92. The number of benzene rings is 1. The molecule has 0 bridgehead atoms. The smallest absolute Gasteiger partial charge is 0.233 e. The number of ether oxygens (including phenoxy) is 1. The summed E-state index contributed by atoms with van der Waals surface area (Å²) in [5.74, 6) is -0.906. The topological polar surface area (TPSA) is 114 Å². The van der Waals surface area contributed by atoms with E-state index in [0.29, 0.717) is 30.9 Å². The van der Waals surface area contributed by atoms with Crippen LogP contribution in [0.5, 0.6) is 0 Å². The Kier molecular flexibility index (Phi) is 8.20. The number of amides is 2. The largest absolute Gasteiger partial charge is 0.385 e. The zero-order chi connectivity index (χ0) is 18.0. The minimum Gasteiger partial charge on any atom is -0.385 e. The zero-order valence-corrected chi connectivity index (χ0v) is 14.6. The molecule has 0 aromatic heterocycles. The number of methoxy groups -OCH3 is 1. The average molecular weight is 357 g/mol. The van der Waals surface area contributed by atoms with Crippen molar-refractivity contribution >= 4 is 33.2 Å². The summed E-state index contributed by atoms with van der Waals surface area (Å²) in [4.78, 5) is 22.6. The quantitative estimate of drug-likeness (QED) is 0.539. The van der Waals surface area contributed by atoms with Crippen molar-refractivity contribution in [1.82, 2.24) is 5.32 Å². The molecule has 0 heterocycles. The van der Waals surface area contributed by atoms with Gasteiger partial charge >= 0.3 is 0 Å². The third-order valence-corrected chi connectivity index (χ3v) is 4.19. The van der Waals surface area contributed by atoms with Gasteiger partial charge in [-0.1, -0.05) is 6.07 Å². The third kappa shape index (κ3) is 8.49. The normalized spacial score (nSPS) is 10.9. The monoisotopic (exact) mass is 357 g/mol. The van der Waals surface area contributed by atoms with Gasteiger partial charge in [0.15, 0.2) is 0 Å². The van der Waals surface area contributed by atoms with Crippen LogP contribution in [-0.4, -0.2) is 46.2 Å². The molecule has 1 aromatic rings. The van der Waals surface area contributed by atoms with Crippen molar-refractivity contribution in [1.29, 1.82) is 0 Å². The Hall–Kier alpha value is -2.13. The average Bonchev–Trinajstić information content (AvgIpc) is 2.49. The molecule has 0 atom stereocenters. The van der Waals surface area contributed by atoms with Gasteiger partial charge in [0.2, 0.25) is 21.8 Å². The van der Waals surface area contributed by atoms with Crippen molar-refractivity contribution in [2.24, 2.45) is 0 Å². The zero-order valence-electron chi connectivity index (χ0n) is 13.8. The van der Waals surface area contributed by atoms with E-state index in [2.05, 4.69) is 15.4 Å². The lowest BCUT2D eigenvalue weighted by atomic mass is 10.3. The number of sulfonamides is 1. The fraction of sp³-hybridized carbons (Fsp3) is 0.467. The van der Waals surface area contributed by atoms with E-state index in [9.17, 15) is 18.0 Å². The van der Waals surface area contributed by atoms with Gasteiger partial charge in [-0.3, -0.25) is 14.3 Å². The van der Waals surface area contributed by atoms with Crippen LogP contribution in [0.1, 0.15) is 19.8 Å². The Bertz CT molecular complexity index is 661. The molecular formula is C15H23N3O5S. The van der Waals surface area contributed by atoms with E-state index in [-0.39, 0.29) is 24.0 Å². The van der Waals surface area contributed by atoms with Gasteiger partial charge in [0.25, 0.3) is 0 Å². The lowest BCUT2D eigenvalue weighted by Gasteiger charge is -2.10. The summed E-state index contributed by atoms with van der Waals surface area (Å²) in [6.45, 7) is 2.34. The Morgan fingerprint density at radius 3 is 2.58 bits per heavy atom. The molecule has 1 rings (SSSR count). The molecule has 0 saturated heterocycles. The van der Waals surface area contributed by atoms with Gasteiger partial charge in [-0.15, -0.1) is 0 Å². The molecule has 1 aromatic carbocycles. The fourth-order valence-corrected chi connectivity index (χ4v) is 2.90. The van der Waals surface area contributed by atoms with E-state index in [4.69, 9.17) is 4.74 Å². The molecule has 0 fully saturated rings. The van der Waals surface area contributed by atoms with Crippen molar-refractivity contribution in [3.63, 3.8) is 0 Å². The highest BCUT2D eigenvalue weighted by Gasteiger charge is 2.13. The summed E-state index contributed by atoms with van der Waals surface area (Å²) < 4.78 is 31.3. The van der Waals surface area contributed by atoms with E-state index >= 15 is 0 Å². The number of carbonyl (C=O) groups excluding carboxylic acids is 2. The van der Waals surface area contributed by atoms with Crippen LogP contribution in [0, 0.1) is 0 Å². The molecular weight excluding hydrogens is 334 g/mol. The van der Waals surface area contributed by atoms with Crippen LogP contribution < -0.4 is 15.4 Å². The second-order valence-corrected chi connectivity index (χ2v) is 6.97. The molecule has 0 aliphatic carbocycles. The second kappa shape index (κ2) is 9.89. The number of carbonyl (C=O) groups is 2. The maximum Gasteiger partial charge on any atom is 0.233 e. The van der Waals surface area contributed by atoms with Crippen LogP contribution in [0.2, 0.25) is 0 Å². The summed E-state index contributed by atoms with van der Waals surface area (Å²) in [7, 11) is -2.09.